The third-order valence-electron chi connectivity index (χ3n) is 7.07. The molecule has 0 aromatic heterocycles. The van der Waals surface area contributed by atoms with Gasteiger partial charge in [-0.15, -0.1) is 0 Å². The molecule has 0 aromatic carbocycles. The summed E-state index contributed by atoms with van der Waals surface area (Å²) >= 11 is 0. The molecule has 4 atom stereocenters. The zero-order chi connectivity index (χ0) is 14.5. The molecule has 0 aromatic rings. The van der Waals surface area contributed by atoms with Crippen molar-refractivity contribution >= 4 is 0 Å². The van der Waals surface area contributed by atoms with Crippen molar-refractivity contribution in [2.45, 2.75) is 44.9 Å². The predicted octanol–water partition coefficient (Wildman–Crippen LogP) is 1.14. The summed E-state index contributed by atoms with van der Waals surface area (Å²) in [5.74, 6) is 0. The molecule has 4 saturated heterocycles. The van der Waals surface area contributed by atoms with Crippen LogP contribution in [0, 0.1) is 0 Å². The molecule has 0 amide bonds. The van der Waals surface area contributed by atoms with Gasteiger partial charge in [-0.05, 0) is 6.42 Å². The van der Waals surface area contributed by atoms with Gasteiger partial charge in [-0.2, -0.15) is 0 Å². The Morgan fingerprint density at radius 1 is 0.857 bits per heavy atom. The van der Waals surface area contributed by atoms with E-state index in [-0.39, 0.29) is 0 Å². The van der Waals surface area contributed by atoms with Gasteiger partial charge in [0.05, 0.1) is 52.9 Å². The van der Waals surface area contributed by atoms with E-state index < -0.39 is 0 Å². The lowest BCUT2D eigenvalue weighted by Crippen LogP contribution is -2.86. The molecule has 4 fully saturated rings. The third kappa shape index (κ3) is 2.10. The van der Waals surface area contributed by atoms with Crippen molar-refractivity contribution in [1.82, 2.24) is 9.80 Å². The first-order valence-electron chi connectivity index (χ1n) is 9.37. The van der Waals surface area contributed by atoms with E-state index in [1.807, 2.05) is 0 Å². The zero-order valence-corrected chi connectivity index (χ0v) is 14.1. The van der Waals surface area contributed by atoms with Crippen LogP contribution in [-0.4, -0.2) is 97.0 Å². The van der Waals surface area contributed by atoms with Gasteiger partial charge in [-0.25, -0.2) is 9.80 Å². The van der Waals surface area contributed by atoms with Gasteiger partial charge in [0.2, 0.25) is 12.3 Å². The average Bonchev–Trinajstić information content (AvgIpc) is 2.51. The molecule has 21 heavy (non-hydrogen) atoms. The molecule has 4 heteroatoms. The maximum absolute atomic E-state index is 2.89. The number of rotatable bonds is 3. The Balaban J connectivity index is 1.70. The summed E-state index contributed by atoms with van der Waals surface area (Å²) in [5, 5.41) is 0. The van der Waals surface area contributed by atoms with Crippen LogP contribution in [-0.2, 0) is 0 Å². The maximum atomic E-state index is 2.89. The second-order valence-corrected chi connectivity index (χ2v) is 8.28. The number of likely N-dealkylation sites (N-methyl/N-ethyl adjacent to an activating group) is 1. The lowest BCUT2D eigenvalue weighted by atomic mass is 9.95. The first-order valence-corrected chi connectivity index (χ1v) is 9.37. The molecule has 4 aliphatic heterocycles. The Morgan fingerprint density at radius 3 is 2.38 bits per heavy atom. The van der Waals surface area contributed by atoms with E-state index in [1.54, 1.807) is 0 Å². The van der Waals surface area contributed by atoms with Gasteiger partial charge in [0.25, 0.3) is 0 Å². The lowest BCUT2D eigenvalue weighted by Gasteiger charge is -2.66. The highest BCUT2D eigenvalue weighted by molar-refractivity contribution is 4.88. The van der Waals surface area contributed by atoms with E-state index in [1.165, 1.54) is 93.6 Å². The molecule has 0 N–H and O–H groups in total. The number of piperazine rings is 2. The van der Waals surface area contributed by atoms with Gasteiger partial charge >= 0.3 is 0 Å². The van der Waals surface area contributed by atoms with Crippen LogP contribution in [0.25, 0.3) is 0 Å². The third-order valence-corrected chi connectivity index (χ3v) is 7.07. The van der Waals surface area contributed by atoms with Gasteiger partial charge in [0.1, 0.15) is 0 Å². The molecule has 120 valence electrons. The van der Waals surface area contributed by atoms with Gasteiger partial charge < -0.3 is 8.97 Å². The highest BCUT2D eigenvalue weighted by atomic mass is 15.6. The standard InChI is InChI=1S/C17H34N4/c1-3-4-12-21-13-6-8-19-9-14-20(2)11-5-7-18(10-15-21)16(20)17(19)21/h16-17H,3-15H2,1-2H3/q+2. The molecule has 0 spiro atoms. The van der Waals surface area contributed by atoms with E-state index in [4.69, 9.17) is 0 Å². The molecule has 4 nitrogen and oxygen atoms in total. The van der Waals surface area contributed by atoms with Crippen LogP contribution in [0.2, 0.25) is 0 Å². The molecular weight excluding hydrogens is 260 g/mol. The SMILES string of the molecule is CCCC[N+]12CCCN3CC[N+]4(C)CCCN(CC1)C4C32. The van der Waals surface area contributed by atoms with Crippen molar-refractivity contribution in [1.29, 1.82) is 0 Å². The first kappa shape index (κ1) is 14.4. The molecule has 4 heterocycles. The Kier molecular flexibility index (Phi) is 3.57. The van der Waals surface area contributed by atoms with Gasteiger partial charge in [-0.3, -0.25) is 0 Å². The molecule has 4 rings (SSSR count). The fraction of sp³-hybridized carbons (Fsp3) is 1.00. The topological polar surface area (TPSA) is 6.48 Å². The smallest absolute Gasteiger partial charge is 0.214 e. The molecule has 0 radical (unpaired) electrons. The van der Waals surface area contributed by atoms with Crippen molar-refractivity contribution in [3.8, 4) is 0 Å². The normalized spacial score (nSPS) is 47.1. The van der Waals surface area contributed by atoms with E-state index >= 15 is 0 Å². The maximum Gasteiger partial charge on any atom is 0.214 e. The minimum atomic E-state index is 0.790. The summed E-state index contributed by atoms with van der Waals surface area (Å²) in [6.07, 6.45) is 7.20. The van der Waals surface area contributed by atoms with Crippen LogP contribution in [0.15, 0.2) is 0 Å². The Labute approximate surface area is 130 Å². The van der Waals surface area contributed by atoms with Crippen molar-refractivity contribution in [3.05, 3.63) is 0 Å². The molecule has 0 aliphatic carbocycles. The van der Waals surface area contributed by atoms with E-state index in [9.17, 15) is 0 Å². The van der Waals surface area contributed by atoms with Crippen LogP contribution in [0.1, 0.15) is 32.6 Å². The van der Waals surface area contributed by atoms with Crippen molar-refractivity contribution in [2.75, 3.05) is 66.0 Å². The van der Waals surface area contributed by atoms with Crippen LogP contribution < -0.4 is 0 Å². The molecule has 0 bridgehead atoms. The summed E-state index contributed by atoms with van der Waals surface area (Å²) in [6.45, 7) is 14.9. The van der Waals surface area contributed by atoms with E-state index in [0.29, 0.717) is 0 Å². The van der Waals surface area contributed by atoms with E-state index in [2.05, 4.69) is 23.8 Å². The molecular formula is C17H34N4+2. The van der Waals surface area contributed by atoms with Crippen LogP contribution in [0.5, 0.6) is 0 Å². The first-order chi connectivity index (χ1) is 10.2. The summed E-state index contributed by atoms with van der Waals surface area (Å²) in [6, 6.07) is 0. The predicted molar refractivity (Wildman–Crippen MR) is 85.6 cm³/mol. The fourth-order valence-corrected chi connectivity index (χ4v) is 5.96. The number of nitrogens with zero attached hydrogens (tertiary/aromatic N) is 4. The average molecular weight is 294 g/mol. The van der Waals surface area contributed by atoms with Crippen LogP contribution in [0.3, 0.4) is 0 Å². The number of hydrogen-bond donors (Lipinski definition) is 0. The Hall–Kier alpha value is -0.160. The lowest BCUT2D eigenvalue weighted by molar-refractivity contribution is -1.05. The molecule has 0 saturated carbocycles. The quantitative estimate of drug-likeness (QED) is 0.720. The number of quaternary nitrogens is 2. The summed E-state index contributed by atoms with van der Waals surface area (Å²) < 4.78 is 2.77. The second kappa shape index (κ2) is 5.19. The fourth-order valence-electron chi connectivity index (χ4n) is 5.96. The van der Waals surface area contributed by atoms with Gasteiger partial charge in [0, 0.05) is 25.9 Å². The molecule has 4 unspecified atom stereocenters. The number of hydrogen-bond acceptors (Lipinski definition) is 2. The number of unbranched alkanes of at least 4 members (excludes halogenated alkanes) is 1. The van der Waals surface area contributed by atoms with E-state index in [0.717, 1.165) is 12.3 Å². The Morgan fingerprint density at radius 2 is 1.57 bits per heavy atom. The van der Waals surface area contributed by atoms with Crippen LogP contribution in [0.4, 0.5) is 0 Å². The van der Waals surface area contributed by atoms with Crippen molar-refractivity contribution < 1.29 is 8.97 Å². The second-order valence-electron chi connectivity index (χ2n) is 8.28. The summed E-state index contributed by atoms with van der Waals surface area (Å²) in [5.41, 5.74) is 0. The summed E-state index contributed by atoms with van der Waals surface area (Å²) in [4.78, 5) is 5.76. The zero-order valence-electron chi connectivity index (χ0n) is 14.1. The van der Waals surface area contributed by atoms with Crippen molar-refractivity contribution in [2.24, 2.45) is 0 Å². The monoisotopic (exact) mass is 294 g/mol. The van der Waals surface area contributed by atoms with Gasteiger partial charge in [0.15, 0.2) is 0 Å². The van der Waals surface area contributed by atoms with Crippen LogP contribution >= 0.6 is 0 Å². The summed E-state index contributed by atoms with van der Waals surface area (Å²) in [7, 11) is 2.56. The molecule has 4 aliphatic rings. The highest BCUT2D eigenvalue weighted by Crippen LogP contribution is 2.40. The van der Waals surface area contributed by atoms with Crippen molar-refractivity contribution in [3.63, 3.8) is 0 Å². The van der Waals surface area contributed by atoms with Gasteiger partial charge in [-0.1, -0.05) is 13.3 Å². The highest BCUT2D eigenvalue weighted by Gasteiger charge is 2.62. The minimum Gasteiger partial charge on any atom is -0.304 e. The minimum absolute atomic E-state index is 0.790. The Bertz CT molecular complexity index is 400. The largest absolute Gasteiger partial charge is 0.304 e.